The molecule has 0 aliphatic rings. The molecule has 7 heteroatoms. The first kappa shape index (κ1) is 18.1. The standard InChI is InChI=1S/C17H19BrFN3O2/c1-20-17(21-10-11-4-5-12(18)8-14(11)19)22-13-6-7-15(23-2)16(9-13)24-3/h4-9H,10H2,1-3H3,(H2,20,21,22). The number of nitrogens with one attached hydrogen (secondary N) is 2. The molecule has 0 aromatic heterocycles. The third-order valence-corrected chi connectivity index (χ3v) is 3.82. The molecule has 0 radical (unpaired) electrons. The van der Waals surface area contributed by atoms with E-state index in [0.717, 1.165) is 5.69 Å². The topological polar surface area (TPSA) is 54.9 Å². The molecule has 24 heavy (non-hydrogen) atoms. The van der Waals surface area contributed by atoms with Gasteiger partial charge in [-0.2, -0.15) is 0 Å². The number of hydrogen-bond donors (Lipinski definition) is 2. The fourth-order valence-electron chi connectivity index (χ4n) is 2.07. The van der Waals surface area contributed by atoms with Crippen molar-refractivity contribution in [2.24, 2.45) is 4.99 Å². The largest absolute Gasteiger partial charge is 0.493 e. The van der Waals surface area contributed by atoms with Crippen LogP contribution in [0.3, 0.4) is 0 Å². The number of hydrogen-bond acceptors (Lipinski definition) is 3. The van der Waals surface area contributed by atoms with Crippen LogP contribution >= 0.6 is 15.9 Å². The maximum Gasteiger partial charge on any atom is 0.195 e. The molecule has 2 N–H and O–H groups in total. The highest BCUT2D eigenvalue weighted by atomic mass is 79.9. The highest BCUT2D eigenvalue weighted by Gasteiger charge is 2.07. The van der Waals surface area contributed by atoms with Crippen LogP contribution in [0.15, 0.2) is 45.9 Å². The van der Waals surface area contributed by atoms with Crippen LogP contribution < -0.4 is 20.1 Å². The fraction of sp³-hybridized carbons (Fsp3) is 0.235. The lowest BCUT2D eigenvalue weighted by molar-refractivity contribution is 0.355. The van der Waals surface area contributed by atoms with Crippen molar-refractivity contribution < 1.29 is 13.9 Å². The zero-order valence-electron chi connectivity index (χ0n) is 13.7. The van der Waals surface area contributed by atoms with Crippen LogP contribution in [0.4, 0.5) is 10.1 Å². The zero-order valence-corrected chi connectivity index (χ0v) is 15.3. The van der Waals surface area contributed by atoms with Gasteiger partial charge < -0.3 is 20.1 Å². The predicted molar refractivity (Wildman–Crippen MR) is 97.5 cm³/mol. The van der Waals surface area contributed by atoms with Gasteiger partial charge in [-0.05, 0) is 24.3 Å². The molecule has 0 heterocycles. The first-order valence-electron chi connectivity index (χ1n) is 7.21. The summed E-state index contributed by atoms with van der Waals surface area (Å²) in [5.41, 5.74) is 1.32. The molecule has 0 atom stereocenters. The Hall–Kier alpha value is -2.28. The normalized spacial score (nSPS) is 11.1. The minimum atomic E-state index is -0.279. The second-order valence-corrected chi connectivity index (χ2v) is 5.77. The highest BCUT2D eigenvalue weighted by molar-refractivity contribution is 9.10. The molecule has 0 fully saturated rings. The number of anilines is 1. The number of methoxy groups -OCH3 is 2. The molecule has 0 saturated heterocycles. The van der Waals surface area contributed by atoms with E-state index in [1.165, 1.54) is 6.07 Å². The van der Waals surface area contributed by atoms with Gasteiger partial charge in [0.1, 0.15) is 5.82 Å². The number of guanidine groups is 1. The molecule has 2 aromatic rings. The summed E-state index contributed by atoms with van der Waals surface area (Å²) < 4.78 is 25.0. The van der Waals surface area contributed by atoms with Gasteiger partial charge in [0, 0.05) is 35.4 Å². The van der Waals surface area contributed by atoms with Crippen LogP contribution in [0.2, 0.25) is 0 Å². The van der Waals surface area contributed by atoms with Crippen molar-refractivity contribution in [3.63, 3.8) is 0 Å². The Morgan fingerprint density at radius 3 is 2.50 bits per heavy atom. The predicted octanol–water partition coefficient (Wildman–Crippen LogP) is 3.79. The van der Waals surface area contributed by atoms with Crippen LogP contribution in [0.25, 0.3) is 0 Å². The average molecular weight is 396 g/mol. The summed E-state index contributed by atoms with van der Waals surface area (Å²) in [5, 5.41) is 6.20. The van der Waals surface area contributed by atoms with Gasteiger partial charge in [0.05, 0.1) is 14.2 Å². The summed E-state index contributed by atoms with van der Waals surface area (Å²) in [4.78, 5) is 4.13. The minimum absolute atomic E-state index is 0.279. The summed E-state index contributed by atoms with van der Waals surface area (Å²) in [6, 6.07) is 10.4. The van der Waals surface area contributed by atoms with Crippen molar-refractivity contribution in [1.82, 2.24) is 5.32 Å². The number of ether oxygens (including phenoxy) is 2. The van der Waals surface area contributed by atoms with Gasteiger partial charge in [-0.15, -0.1) is 0 Å². The molecule has 5 nitrogen and oxygen atoms in total. The van der Waals surface area contributed by atoms with Crippen molar-refractivity contribution in [3.05, 3.63) is 52.3 Å². The molecular formula is C17H19BrFN3O2. The third kappa shape index (κ3) is 4.61. The van der Waals surface area contributed by atoms with Crippen molar-refractivity contribution in [2.45, 2.75) is 6.54 Å². The number of benzene rings is 2. The molecule has 0 aliphatic carbocycles. The van der Waals surface area contributed by atoms with Gasteiger partial charge >= 0.3 is 0 Å². The lowest BCUT2D eigenvalue weighted by Crippen LogP contribution is -2.30. The molecule has 0 spiro atoms. The number of rotatable bonds is 5. The Morgan fingerprint density at radius 1 is 1.12 bits per heavy atom. The first-order valence-corrected chi connectivity index (χ1v) is 8.00. The lowest BCUT2D eigenvalue weighted by Gasteiger charge is -2.14. The van der Waals surface area contributed by atoms with Crippen molar-refractivity contribution >= 4 is 27.6 Å². The van der Waals surface area contributed by atoms with Gasteiger partial charge in [-0.25, -0.2) is 4.39 Å². The van der Waals surface area contributed by atoms with E-state index in [1.807, 2.05) is 6.07 Å². The van der Waals surface area contributed by atoms with Crippen molar-refractivity contribution in [2.75, 3.05) is 26.6 Å². The van der Waals surface area contributed by atoms with E-state index < -0.39 is 0 Å². The van der Waals surface area contributed by atoms with Gasteiger partial charge in [0.15, 0.2) is 17.5 Å². The van der Waals surface area contributed by atoms with E-state index in [1.54, 1.807) is 45.5 Å². The van der Waals surface area contributed by atoms with Gasteiger partial charge in [-0.1, -0.05) is 22.0 Å². The molecule has 0 amide bonds. The van der Waals surface area contributed by atoms with E-state index in [9.17, 15) is 4.39 Å². The maximum atomic E-state index is 13.9. The maximum absolute atomic E-state index is 13.9. The van der Waals surface area contributed by atoms with Crippen molar-refractivity contribution in [1.29, 1.82) is 0 Å². The summed E-state index contributed by atoms with van der Waals surface area (Å²) in [7, 11) is 4.80. The molecular weight excluding hydrogens is 377 g/mol. The Labute approximate surface area is 149 Å². The highest BCUT2D eigenvalue weighted by Crippen LogP contribution is 2.29. The molecule has 0 bridgehead atoms. The lowest BCUT2D eigenvalue weighted by atomic mass is 10.2. The van der Waals surface area contributed by atoms with E-state index in [2.05, 4.69) is 31.6 Å². The Bertz CT molecular complexity index is 738. The molecule has 128 valence electrons. The summed E-state index contributed by atoms with van der Waals surface area (Å²) in [5.74, 6) is 1.49. The monoisotopic (exact) mass is 395 g/mol. The van der Waals surface area contributed by atoms with E-state index >= 15 is 0 Å². The van der Waals surface area contributed by atoms with Gasteiger partial charge in [0.25, 0.3) is 0 Å². The number of aliphatic imine (C=N–C) groups is 1. The Kier molecular flexibility index (Phi) is 6.43. The second kappa shape index (κ2) is 8.54. The van der Waals surface area contributed by atoms with Crippen LogP contribution in [0, 0.1) is 5.82 Å². The SMILES string of the molecule is CN=C(NCc1ccc(Br)cc1F)Nc1ccc(OC)c(OC)c1. The summed E-state index contributed by atoms with van der Waals surface area (Å²) >= 11 is 3.24. The minimum Gasteiger partial charge on any atom is -0.493 e. The Morgan fingerprint density at radius 2 is 1.88 bits per heavy atom. The van der Waals surface area contributed by atoms with Gasteiger partial charge in [-0.3, -0.25) is 4.99 Å². The first-order chi connectivity index (χ1) is 11.6. The molecule has 0 aliphatic heterocycles. The molecule has 2 aromatic carbocycles. The van der Waals surface area contributed by atoms with Crippen molar-refractivity contribution in [3.8, 4) is 11.5 Å². The van der Waals surface area contributed by atoms with E-state index in [4.69, 9.17) is 9.47 Å². The van der Waals surface area contributed by atoms with Crippen LogP contribution in [0.5, 0.6) is 11.5 Å². The summed E-state index contributed by atoms with van der Waals surface area (Å²) in [6.45, 7) is 0.312. The van der Waals surface area contributed by atoms with E-state index in [-0.39, 0.29) is 5.82 Å². The molecule has 0 saturated carbocycles. The third-order valence-electron chi connectivity index (χ3n) is 3.33. The van der Waals surface area contributed by atoms with Crippen LogP contribution in [0.1, 0.15) is 5.56 Å². The second-order valence-electron chi connectivity index (χ2n) is 4.86. The fourth-order valence-corrected chi connectivity index (χ4v) is 2.41. The summed E-state index contributed by atoms with van der Waals surface area (Å²) in [6.07, 6.45) is 0. The number of nitrogens with zero attached hydrogens (tertiary/aromatic N) is 1. The smallest absolute Gasteiger partial charge is 0.195 e. The van der Waals surface area contributed by atoms with Crippen LogP contribution in [-0.4, -0.2) is 27.2 Å². The number of halogens is 2. The quantitative estimate of drug-likeness (QED) is 0.597. The van der Waals surface area contributed by atoms with Gasteiger partial charge in [0.2, 0.25) is 0 Å². The van der Waals surface area contributed by atoms with E-state index in [0.29, 0.717) is 34.0 Å². The average Bonchev–Trinajstić information content (AvgIpc) is 2.59. The molecule has 2 rings (SSSR count). The van der Waals surface area contributed by atoms with Crippen LogP contribution in [-0.2, 0) is 6.54 Å². The Balaban J connectivity index is 2.05. The molecule has 0 unspecified atom stereocenters. The zero-order chi connectivity index (χ0) is 17.5.